The minimum atomic E-state index is -0.191. The molecule has 3 nitrogen and oxygen atoms in total. The summed E-state index contributed by atoms with van der Waals surface area (Å²) in [5, 5.41) is 1.96. The van der Waals surface area contributed by atoms with E-state index in [9.17, 15) is 4.79 Å². The summed E-state index contributed by atoms with van der Waals surface area (Å²) in [6.07, 6.45) is 0.736. The largest absolute Gasteiger partial charge is 0.460 e. The molecular weight excluding hydrogens is 198 g/mol. The van der Waals surface area contributed by atoms with E-state index in [0.29, 0.717) is 13.2 Å². The molecule has 0 aliphatic rings. The van der Waals surface area contributed by atoms with E-state index in [1.165, 1.54) is 0 Å². The molecule has 2 N–H and O–H groups in total. The second-order valence-corrected chi connectivity index (χ2v) is 4.06. The number of ether oxygens (including phenoxy) is 1. The summed E-state index contributed by atoms with van der Waals surface area (Å²) >= 11 is 1.58. The molecule has 0 fully saturated rings. The van der Waals surface area contributed by atoms with E-state index >= 15 is 0 Å². The Morgan fingerprint density at radius 2 is 2.50 bits per heavy atom. The first-order valence-corrected chi connectivity index (χ1v) is 5.55. The molecule has 0 radical (unpaired) electrons. The zero-order valence-corrected chi connectivity index (χ0v) is 9.05. The van der Waals surface area contributed by atoms with Gasteiger partial charge in [-0.15, -0.1) is 11.3 Å². The van der Waals surface area contributed by atoms with Gasteiger partial charge >= 0.3 is 5.97 Å². The Balaban J connectivity index is 2.34. The number of nitrogens with two attached hydrogens (primary N) is 1. The fourth-order valence-electron chi connectivity index (χ4n) is 1.08. The van der Waals surface area contributed by atoms with E-state index in [4.69, 9.17) is 10.5 Å². The monoisotopic (exact) mass is 213 g/mol. The highest BCUT2D eigenvalue weighted by molar-refractivity contribution is 7.09. The summed E-state index contributed by atoms with van der Waals surface area (Å²) < 4.78 is 5.12. The Bertz CT molecular complexity index is 268. The van der Waals surface area contributed by atoms with Crippen molar-refractivity contribution in [3.8, 4) is 0 Å². The van der Waals surface area contributed by atoms with E-state index in [-0.39, 0.29) is 11.9 Å². The van der Waals surface area contributed by atoms with Crippen LogP contribution in [0.25, 0.3) is 0 Å². The zero-order valence-electron chi connectivity index (χ0n) is 8.23. The van der Waals surface area contributed by atoms with Gasteiger partial charge in [0.25, 0.3) is 0 Å². The van der Waals surface area contributed by atoms with Gasteiger partial charge in [-0.2, -0.15) is 0 Å². The van der Waals surface area contributed by atoms with E-state index in [1.807, 2.05) is 24.4 Å². The number of carbonyl (C=O) groups is 1. The first kappa shape index (κ1) is 11.2. The van der Waals surface area contributed by atoms with E-state index in [2.05, 4.69) is 0 Å². The van der Waals surface area contributed by atoms with Crippen LogP contribution in [0.3, 0.4) is 0 Å². The molecule has 0 aliphatic carbocycles. The maximum atomic E-state index is 11.4. The van der Waals surface area contributed by atoms with E-state index < -0.39 is 0 Å². The quantitative estimate of drug-likeness (QED) is 0.758. The Morgan fingerprint density at radius 1 is 1.71 bits per heavy atom. The lowest BCUT2D eigenvalue weighted by molar-refractivity contribution is -0.149. The van der Waals surface area contributed by atoms with Gasteiger partial charge in [0.2, 0.25) is 0 Å². The third-order valence-corrected chi connectivity index (χ3v) is 2.90. The van der Waals surface area contributed by atoms with Crippen LogP contribution in [-0.2, 0) is 16.1 Å². The van der Waals surface area contributed by atoms with Gasteiger partial charge in [-0.25, -0.2) is 0 Å². The minimum absolute atomic E-state index is 0.157. The Morgan fingerprint density at radius 3 is 3.00 bits per heavy atom. The SMILES string of the molecule is CCC(CN)C(=O)OCc1cccs1. The summed E-state index contributed by atoms with van der Waals surface area (Å²) in [6, 6.07) is 3.88. The number of esters is 1. The first-order chi connectivity index (χ1) is 6.77. The van der Waals surface area contributed by atoms with Gasteiger partial charge in [0.15, 0.2) is 0 Å². The molecule has 1 unspecified atom stereocenters. The highest BCUT2D eigenvalue weighted by Gasteiger charge is 2.15. The number of carbonyl (C=O) groups excluding carboxylic acids is 1. The van der Waals surface area contributed by atoms with Gasteiger partial charge in [-0.05, 0) is 17.9 Å². The molecular formula is C10H15NO2S. The summed E-state index contributed by atoms with van der Waals surface area (Å²) in [7, 11) is 0. The van der Waals surface area contributed by atoms with Crippen molar-refractivity contribution in [1.29, 1.82) is 0 Å². The second kappa shape index (κ2) is 5.78. The summed E-state index contributed by atoms with van der Waals surface area (Å²) in [6.45, 7) is 2.66. The van der Waals surface area contributed by atoms with Crippen molar-refractivity contribution >= 4 is 17.3 Å². The van der Waals surface area contributed by atoms with Crippen LogP contribution in [0.4, 0.5) is 0 Å². The van der Waals surface area contributed by atoms with Crippen LogP contribution < -0.4 is 5.73 Å². The Kier molecular flexibility index (Phi) is 4.62. The van der Waals surface area contributed by atoms with Crippen LogP contribution >= 0.6 is 11.3 Å². The van der Waals surface area contributed by atoms with Crippen LogP contribution in [0.5, 0.6) is 0 Å². The molecule has 1 aromatic rings. The molecule has 0 aromatic carbocycles. The molecule has 0 spiro atoms. The van der Waals surface area contributed by atoms with E-state index in [0.717, 1.165) is 11.3 Å². The van der Waals surface area contributed by atoms with Crippen molar-refractivity contribution in [3.63, 3.8) is 0 Å². The molecule has 0 amide bonds. The van der Waals surface area contributed by atoms with Gasteiger partial charge in [-0.3, -0.25) is 4.79 Å². The van der Waals surface area contributed by atoms with Crippen molar-refractivity contribution in [2.75, 3.05) is 6.54 Å². The third-order valence-electron chi connectivity index (χ3n) is 2.05. The predicted molar refractivity (Wildman–Crippen MR) is 57.0 cm³/mol. The molecule has 1 rings (SSSR count). The molecule has 14 heavy (non-hydrogen) atoms. The molecule has 0 saturated heterocycles. The summed E-state index contributed by atoms with van der Waals surface area (Å²) in [5.74, 6) is -0.349. The molecule has 0 aliphatic heterocycles. The molecule has 1 atom stereocenters. The molecule has 0 bridgehead atoms. The molecule has 4 heteroatoms. The smallest absolute Gasteiger partial charge is 0.310 e. The van der Waals surface area contributed by atoms with Gasteiger partial charge < -0.3 is 10.5 Å². The fourth-order valence-corrected chi connectivity index (χ4v) is 1.70. The lowest BCUT2D eigenvalue weighted by Gasteiger charge is -2.10. The predicted octanol–water partition coefficient (Wildman–Crippen LogP) is 1.78. The average molecular weight is 213 g/mol. The second-order valence-electron chi connectivity index (χ2n) is 3.03. The summed E-state index contributed by atoms with van der Waals surface area (Å²) in [4.78, 5) is 12.5. The number of thiophene rings is 1. The normalized spacial score (nSPS) is 12.4. The van der Waals surface area contributed by atoms with E-state index in [1.54, 1.807) is 11.3 Å². The molecule has 1 heterocycles. The number of rotatable bonds is 5. The maximum absolute atomic E-state index is 11.4. The molecule has 1 aromatic heterocycles. The Hall–Kier alpha value is -0.870. The minimum Gasteiger partial charge on any atom is -0.460 e. The zero-order chi connectivity index (χ0) is 10.4. The fraction of sp³-hybridized carbons (Fsp3) is 0.500. The van der Waals surface area contributed by atoms with Crippen LogP contribution in [0.15, 0.2) is 17.5 Å². The van der Waals surface area contributed by atoms with Crippen molar-refractivity contribution in [2.24, 2.45) is 11.7 Å². The van der Waals surface area contributed by atoms with Crippen molar-refractivity contribution < 1.29 is 9.53 Å². The standard InChI is InChI=1S/C10H15NO2S/c1-2-8(6-11)10(12)13-7-9-4-3-5-14-9/h3-5,8H,2,6-7,11H2,1H3. The maximum Gasteiger partial charge on any atom is 0.310 e. The highest BCUT2D eigenvalue weighted by atomic mass is 32.1. The van der Waals surface area contributed by atoms with Crippen LogP contribution in [0, 0.1) is 5.92 Å². The van der Waals surface area contributed by atoms with Crippen molar-refractivity contribution in [2.45, 2.75) is 20.0 Å². The van der Waals surface area contributed by atoms with Gasteiger partial charge in [0.1, 0.15) is 6.61 Å². The number of hydrogen-bond donors (Lipinski definition) is 1. The van der Waals surface area contributed by atoms with Crippen LogP contribution in [-0.4, -0.2) is 12.5 Å². The lowest BCUT2D eigenvalue weighted by Crippen LogP contribution is -2.24. The van der Waals surface area contributed by atoms with Gasteiger partial charge in [0.05, 0.1) is 5.92 Å². The lowest BCUT2D eigenvalue weighted by atomic mass is 10.1. The van der Waals surface area contributed by atoms with Crippen molar-refractivity contribution in [1.82, 2.24) is 0 Å². The first-order valence-electron chi connectivity index (χ1n) is 4.67. The summed E-state index contributed by atoms with van der Waals surface area (Å²) in [5.41, 5.74) is 5.43. The number of hydrogen-bond acceptors (Lipinski definition) is 4. The third kappa shape index (κ3) is 3.12. The van der Waals surface area contributed by atoms with Crippen LogP contribution in [0.2, 0.25) is 0 Å². The average Bonchev–Trinajstić information content (AvgIpc) is 2.69. The Labute approximate surface area is 87.9 Å². The van der Waals surface area contributed by atoms with Crippen molar-refractivity contribution in [3.05, 3.63) is 22.4 Å². The molecule has 0 saturated carbocycles. The topological polar surface area (TPSA) is 52.3 Å². The van der Waals surface area contributed by atoms with Gasteiger partial charge in [0, 0.05) is 11.4 Å². The van der Waals surface area contributed by atoms with Gasteiger partial charge in [-0.1, -0.05) is 13.0 Å². The molecule has 78 valence electrons. The van der Waals surface area contributed by atoms with Crippen LogP contribution in [0.1, 0.15) is 18.2 Å². The highest BCUT2D eigenvalue weighted by Crippen LogP contribution is 2.11.